The first-order valence-electron chi connectivity index (χ1n) is 2.28. The molecule has 0 atom stereocenters. The van der Waals surface area contributed by atoms with Crippen molar-refractivity contribution >= 4 is 0 Å². The lowest BCUT2D eigenvalue weighted by atomic mass is 10.4. The molecule has 1 aliphatic rings. The Hall–Kier alpha value is -0.540. The van der Waals surface area contributed by atoms with E-state index in [0.29, 0.717) is 0 Å². The second-order valence-corrected chi connectivity index (χ2v) is 1.31. The van der Waals surface area contributed by atoms with Crippen LogP contribution in [0.4, 0.5) is 0 Å². The molecule has 0 radical (unpaired) electrons. The number of hydrazine groups is 1. The van der Waals surface area contributed by atoms with E-state index in [4.69, 9.17) is 0 Å². The first-order valence-corrected chi connectivity index (χ1v) is 2.28. The molecule has 0 saturated carbocycles. The van der Waals surface area contributed by atoms with E-state index in [1.807, 2.05) is 6.08 Å². The molecule has 1 rings (SSSR count). The van der Waals surface area contributed by atoms with E-state index in [-0.39, 0.29) is 0 Å². The zero-order chi connectivity index (χ0) is 4.95. The van der Waals surface area contributed by atoms with Gasteiger partial charge in [0.05, 0.1) is 0 Å². The Morgan fingerprint density at radius 3 is 3.57 bits per heavy atom. The third-order valence-corrected chi connectivity index (χ3v) is 0.731. The van der Waals surface area contributed by atoms with Gasteiger partial charge in [0, 0.05) is 6.54 Å². The highest BCUT2D eigenvalue weighted by atomic mass is 16.7. The lowest BCUT2D eigenvalue weighted by Gasteiger charge is -1.96. The molecule has 0 aliphatic carbocycles. The number of nitrogens with one attached hydrogen (secondary N) is 2. The number of hydrogen-bond donors (Lipinski definition) is 2. The predicted molar refractivity (Wildman–Crippen MR) is 26.0 cm³/mol. The maximum atomic E-state index is 4.65. The molecule has 0 aromatic carbocycles. The summed E-state index contributed by atoms with van der Waals surface area (Å²) in [4.78, 5) is 4.65. The van der Waals surface area contributed by atoms with Crippen LogP contribution in [0, 0.1) is 0 Å². The third-order valence-electron chi connectivity index (χ3n) is 0.731. The van der Waals surface area contributed by atoms with Crippen LogP contribution < -0.4 is 11.0 Å². The first-order chi connectivity index (χ1) is 3.50. The van der Waals surface area contributed by atoms with Gasteiger partial charge in [-0.05, 0) is 12.5 Å². The molecule has 0 aromatic rings. The Kier molecular flexibility index (Phi) is 1.72. The molecule has 0 fully saturated rings. The van der Waals surface area contributed by atoms with Crippen LogP contribution in [0.2, 0.25) is 0 Å². The van der Waals surface area contributed by atoms with E-state index in [1.54, 1.807) is 6.26 Å². The van der Waals surface area contributed by atoms with Crippen molar-refractivity contribution < 1.29 is 4.84 Å². The summed E-state index contributed by atoms with van der Waals surface area (Å²) >= 11 is 0. The average Bonchev–Trinajstić information content (AvgIpc) is 1.90. The zero-order valence-electron chi connectivity index (χ0n) is 3.98. The molecule has 3 nitrogen and oxygen atoms in total. The molecule has 7 heavy (non-hydrogen) atoms. The lowest BCUT2D eigenvalue weighted by Crippen LogP contribution is -2.29. The van der Waals surface area contributed by atoms with Gasteiger partial charge in [0.2, 0.25) is 0 Å². The van der Waals surface area contributed by atoms with Crippen molar-refractivity contribution in [1.29, 1.82) is 0 Å². The van der Waals surface area contributed by atoms with Crippen LogP contribution in [-0.2, 0) is 4.84 Å². The van der Waals surface area contributed by atoms with Gasteiger partial charge in [-0.2, -0.15) is 0 Å². The summed E-state index contributed by atoms with van der Waals surface area (Å²) in [5.74, 6) is 0. The van der Waals surface area contributed by atoms with E-state index in [1.165, 1.54) is 0 Å². The highest BCUT2D eigenvalue weighted by Crippen LogP contribution is 1.82. The molecule has 2 N–H and O–H groups in total. The summed E-state index contributed by atoms with van der Waals surface area (Å²) in [5, 5.41) is 0. The van der Waals surface area contributed by atoms with Crippen molar-refractivity contribution in [2.45, 2.75) is 6.42 Å². The van der Waals surface area contributed by atoms with Gasteiger partial charge in [-0.15, -0.1) is 0 Å². The molecule has 1 heterocycles. The summed E-state index contributed by atoms with van der Waals surface area (Å²) in [6.07, 6.45) is 4.60. The van der Waals surface area contributed by atoms with Crippen molar-refractivity contribution in [2.75, 3.05) is 6.54 Å². The van der Waals surface area contributed by atoms with Crippen LogP contribution in [-0.4, -0.2) is 6.54 Å². The molecule has 3 heteroatoms. The Bertz CT molecular complexity index is 64.1. The van der Waals surface area contributed by atoms with E-state index in [9.17, 15) is 0 Å². The van der Waals surface area contributed by atoms with Crippen LogP contribution in [0.15, 0.2) is 12.3 Å². The largest absolute Gasteiger partial charge is 0.402 e. The van der Waals surface area contributed by atoms with Crippen molar-refractivity contribution in [1.82, 2.24) is 11.0 Å². The van der Waals surface area contributed by atoms with Crippen molar-refractivity contribution in [3.63, 3.8) is 0 Å². The lowest BCUT2D eigenvalue weighted by molar-refractivity contribution is 0.101. The van der Waals surface area contributed by atoms with E-state index < -0.39 is 0 Å². The van der Waals surface area contributed by atoms with Crippen LogP contribution >= 0.6 is 0 Å². The van der Waals surface area contributed by atoms with Crippen LogP contribution in [0.3, 0.4) is 0 Å². The van der Waals surface area contributed by atoms with E-state index in [0.717, 1.165) is 13.0 Å². The number of rotatable bonds is 0. The molecule has 40 valence electrons. The molecule has 0 amide bonds. The summed E-state index contributed by atoms with van der Waals surface area (Å²) in [6, 6.07) is 0. The van der Waals surface area contributed by atoms with Gasteiger partial charge >= 0.3 is 0 Å². The summed E-state index contributed by atoms with van der Waals surface area (Å²) in [7, 11) is 0. The first kappa shape index (κ1) is 4.61. The topological polar surface area (TPSA) is 33.3 Å². The Morgan fingerprint density at radius 1 is 1.57 bits per heavy atom. The van der Waals surface area contributed by atoms with E-state index >= 15 is 0 Å². The molecule has 0 aromatic heterocycles. The summed E-state index contributed by atoms with van der Waals surface area (Å²) < 4.78 is 0. The van der Waals surface area contributed by atoms with Gasteiger partial charge < -0.3 is 4.84 Å². The second kappa shape index (κ2) is 2.60. The smallest absolute Gasteiger partial charge is 0.109 e. The minimum Gasteiger partial charge on any atom is -0.402 e. The fraction of sp³-hybridized carbons (Fsp3) is 0.500. The van der Waals surface area contributed by atoms with Gasteiger partial charge in [0.1, 0.15) is 6.26 Å². The van der Waals surface area contributed by atoms with Crippen molar-refractivity contribution in [3.8, 4) is 0 Å². The average molecular weight is 100 g/mol. The Balaban J connectivity index is 2.20. The van der Waals surface area contributed by atoms with Gasteiger partial charge in [-0.3, -0.25) is 0 Å². The van der Waals surface area contributed by atoms with Gasteiger partial charge in [-0.1, -0.05) is 5.59 Å². The van der Waals surface area contributed by atoms with Gasteiger partial charge in [0.25, 0.3) is 0 Å². The van der Waals surface area contributed by atoms with E-state index in [2.05, 4.69) is 15.9 Å². The molecule has 0 saturated heterocycles. The molecular formula is C4H8N2O. The SMILES string of the molecule is C1=CONNCC1. The second-order valence-electron chi connectivity index (χ2n) is 1.31. The van der Waals surface area contributed by atoms with Crippen LogP contribution in [0.25, 0.3) is 0 Å². The molecular weight excluding hydrogens is 92.1 g/mol. The predicted octanol–water partition coefficient (Wildman–Crippen LogP) is -0.0704. The number of hydrogen-bond acceptors (Lipinski definition) is 3. The van der Waals surface area contributed by atoms with Gasteiger partial charge in [-0.25, -0.2) is 5.43 Å². The fourth-order valence-corrected chi connectivity index (χ4v) is 0.398. The molecule has 0 spiro atoms. The van der Waals surface area contributed by atoms with Crippen LogP contribution in [0.5, 0.6) is 0 Å². The van der Waals surface area contributed by atoms with Crippen LogP contribution in [0.1, 0.15) is 6.42 Å². The van der Waals surface area contributed by atoms with Gasteiger partial charge in [0.15, 0.2) is 0 Å². The summed E-state index contributed by atoms with van der Waals surface area (Å²) in [5.41, 5.74) is 5.32. The molecule has 1 aliphatic heterocycles. The zero-order valence-corrected chi connectivity index (χ0v) is 3.98. The maximum absolute atomic E-state index is 4.65. The summed E-state index contributed by atoms with van der Waals surface area (Å²) in [6.45, 7) is 0.927. The Labute approximate surface area is 42.3 Å². The van der Waals surface area contributed by atoms with Crippen molar-refractivity contribution in [2.24, 2.45) is 0 Å². The fourth-order valence-electron chi connectivity index (χ4n) is 0.398. The maximum Gasteiger partial charge on any atom is 0.109 e. The normalized spacial score (nSPS) is 20.6. The quantitative estimate of drug-likeness (QED) is 0.447. The highest BCUT2D eigenvalue weighted by Gasteiger charge is 1.84. The van der Waals surface area contributed by atoms with Crippen molar-refractivity contribution in [3.05, 3.63) is 12.3 Å². The molecule has 0 unspecified atom stereocenters. The third kappa shape index (κ3) is 1.57. The monoisotopic (exact) mass is 100 g/mol. The Morgan fingerprint density at radius 2 is 2.57 bits per heavy atom. The molecule has 0 bridgehead atoms. The minimum atomic E-state index is 0.927. The highest BCUT2D eigenvalue weighted by molar-refractivity contribution is 4.74. The standard InChI is InChI=1S/C4H8N2O/c1-2-4-7-6-5-3-1/h2,4-6H,1,3H2. The minimum absolute atomic E-state index is 0.927.